The van der Waals surface area contributed by atoms with Crippen molar-refractivity contribution in [2.45, 2.75) is 18.9 Å². The second-order valence-corrected chi connectivity index (χ2v) is 7.21. The van der Waals surface area contributed by atoms with Gasteiger partial charge in [0.05, 0.1) is 39.9 Å². The van der Waals surface area contributed by atoms with Gasteiger partial charge in [0, 0.05) is 17.1 Å². The van der Waals surface area contributed by atoms with Crippen LogP contribution in [0.3, 0.4) is 0 Å². The number of hydrogen-bond acceptors (Lipinski definition) is 4. The second kappa shape index (κ2) is 7.77. The molecule has 0 saturated heterocycles. The molecule has 0 fully saturated rings. The van der Waals surface area contributed by atoms with E-state index in [1.165, 1.54) is 22.9 Å². The second-order valence-electron chi connectivity index (χ2n) is 6.81. The molecule has 0 aliphatic rings. The van der Waals surface area contributed by atoms with E-state index in [-0.39, 0.29) is 23.3 Å². The van der Waals surface area contributed by atoms with Crippen molar-refractivity contribution in [1.29, 1.82) is 5.26 Å². The van der Waals surface area contributed by atoms with Crippen LogP contribution in [-0.4, -0.2) is 14.7 Å². The zero-order valence-corrected chi connectivity index (χ0v) is 16.6. The third-order valence-corrected chi connectivity index (χ3v) is 5.00. The standard InChI is InChI=1S/C20H8ClF7N4O/c21-13-6-10(19(23,24)25)5-12(17(13)22)18-30-15(31-33-18)8-32-4-3-11-14(32)2-1-9(7-29)16(11)20(26,27)28/h1-6H,8H2. The lowest BCUT2D eigenvalue weighted by Gasteiger charge is -2.11. The highest BCUT2D eigenvalue weighted by Crippen LogP contribution is 2.38. The lowest BCUT2D eigenvalue weighted by Crippen LogP contribution is -2.09. The minimum absolute atomic E-state index is 0.0981. The average Bonchev–Trinajstić information content (AvgIpc) is 3.35. The number of nitrogens with zero attached hydrogens (tertiary/aromatic N) is 4. The lowest BCUT2D eigenvalue weighted by atomic mass is 10.0. The molecule has 33 heavy (non-hydrogen) atoms. The van der Waals surface area contributed by atoms with Gasteiger partial charge in [-0.3, -0.25) is 0 Å². The first kappa shape index (κ1) is 22.6. The number of rotatable bonds is 3. The fraction of sp³-hybridized carbons (Fsp3) is 0.150. The Bertz CT molecular complexity index is 1410. The Labute approximate surface area is 184 Å². The van der Waals surface area contributed by atoms with Crippen LogP contribution in [0.5, 0.6) is 0 Å². The van der Waals surface area contributed by atoms with Crippen LogP contribution in [0.15, 0.2) is 41.1 Å². The van der Waals surface area contributed by atoms with Crippen LogP contribution >= 0.6 is 11.6 Å². The van der Waals surface area contributed by atoms with E-state index < -0.39 is 51.3 Å². The fourth-order valence-electron chi connectivity index (χ4n) is 3.30. The Balaban J connectivity index is 1.73. The summed E-state index contributed by atoms with van der Waals surface area (Å²) in [4.78, 5) is 3.85. The van der Waals surface area contributed by atoms with Gasteiger partial charge < -0.3 is 9.09 Å². The summed E-state index contributed by atoms with van der Waals surface area (Å²) in [6.45, 7) is -0.246. The molecule has 0 amide bonds. The molecule has 4 rings (SSSR count). The molecule has 5 nitrogen and oxygen atoms in total. The van der Waals surface area contributed by atoms with Crippen molar-refractivity contribution < 1.29 is 35.3 Å². The van der Waals surface area contributed by atoms with E-state index in [2.05, 4.69) is 10.1 Å². The molecule has 170 valence electrons. The minimum atomic E-state index is -4.81. The van der Waals surface area contributed by atoms with Crippen LogP contribution in [0.1, 0.15) is 22.5 Å². The van der Waals surface area contributed by atoms with E-state index in [0.717, 1.165) is 12.1 Å². The van der Waals surface area contributed by atoms with Crippen molar-refractivity contribution in [2.75, 3.05) is 0 Å². The Kier molecular flexibility index (Phi) is 5.32. The van der Waals surface area contributed by atoms with Gasteiger partial charge in [-0.05, 0) is 30.3 Å². The summed E-state index contributed by atoms with van der Waals surface area (Å²) < 4.78 is 99.9. The van der Waals surface area contributed by atoms with Crippen LogP contribution in [-0.2, 0) is 18.9 Å². The van der Waals surface area contributed by atoms with Crippen LogP contribution in [0.2, 0.25) is 5.02 Å². The molecule has 0 atom stereocenters. The van der Waals surface area contributed by atoms with Gasteiger partial charge in [-0.2, -0.15) is 36.6 Å². The number of aromatic nitrogens is 3. The minimum Gasteiger partial charge on any atom is -0.340 e. The summed E-state index contributed by atoms with van der Waals surface area (Å²) in [6, 6.07) is 5.86. The van der Waals surface area contributed by atoms with Crippen molar-refractivity contribution in [1.82, 2.24) is 14.7 Å². The third kappa shape index (κ3) is 4.11. The average molecular weight is 489 g/mol. The normalized spacial score (nSPS) is 12.3. The third-order valence-electron chi connectivity index (χ3n) is 4.72. The van der Waals surface area contributed by atoms with Gasteiger partial charge in [-0.15, -0.1) is 0 Å². The largest absolute Gasteiger partial charge is 0.418 e. The maximum Gasteiger partial charge on any atom is 0.418 e. The molecule has 4 aromatic rings. The molecule has 2 aromatic carbocycles. The molecule has 13 heteroatoms. The van der Waals surface area contributed by atoms with E-state index in [1.54, 1.807) is 0 Å². The topological polar surface area (TPSA) is 67.6 Å². The Morgan fingerprint density at radius 2 is 1.79 bits per heavy atom. The number of nitriles is 1. The Morgan fingerprint density at radius 3 is 2.42 bits per heavy atom. The zero-order valence-electron chi connectivity index (χ0n) is 15.9. The van der Waals surface area contributed by atoms with Crippen LogP contribution < -0.4 is 0 Å². The Morgan fingerprint density at radius 1 is 1.06 bits per heavy atom. The summed E-state index contributed by atoms with van der Waals surface area (Å²) in [6.07, 6.45) is -8.30. The molecule has 0 aliphatic heterocycles. The summed E-state index contributed by atoms with van der Waals surface area (Å²) in [5.41, 5.74) is -3.46. The molecular weight excluding hydrogens is 481 g/mol. The van der Waals surface area contributed by atoms with E-state index in [9.17, 15) is 30.7 Å². The van der Waals surface area contributed by atoms with E-state index in [1.807, 2.05) is 0 Å². The van der Waals surface area contributed by atoms with Crippen LogP contribution in [0.4, 0.5) is 30.7 Å². The molecule has 2 heterocycles. The van der Waals surface area contributed by atoms with E-state index >= 15 is 0 Å². The zero-order chi connectivity index (χ0) is 24.1. The van der Waals surface area contributed by atoms with Gasteiger partial charge in [-0.25, -0.2) is 4.39 Å². The number of halogens is 8. The smallest absolute Gasteiger partial charge is 0.340 e. The molecule has 0 N–H and O–H groups in total. The first-order valence-corrected chi connectivity index (χ1v) is 9.26. The van der Waals surface area contributed by atoms with Gasteiger partial charge in [0.2, 0.25) is 0 Å². The summed E-state index contributed by atoms with van der Waals surface area (Å²) in [7, 11) is 0. The molecule has 0 saturated carbocycles. The predicted molar refractivity (Wildman–Crippen MR) is 100 cm³/mol. The molecule has 0 bridgehead atoms. The molecule has 0 radical (unpaired) electrons. The Hall–Kier alpha value is -3.59. The predicted octanol–water partition coefficient (Wildman–Crippen LogP) is 6.44. The van der Waals surface area contributed by atoms with E-state index in [4.69, 9.17) is 21.4 Å². The highest BCUT2D eigenvalue weighted by molar-refractivity contribution is 6.31. The highest BCUT2D eigenvalue weighted by Gasteiger charge is 2.36. The van der Waals surface area contributed by atoms with Crippen molar-refractivity contribution in [3.8, 4) is 17.5 Å². The van der Waals surface area contributed by atoms with Crippen molar-refractivity contribution in [3.05, 3.63) is 69.9 Å². The first-order chi connectivity index (χ1) is 15.4. The van der Waals surface area contributed by atoms with E-state index in [0.29, 0.717) is 12.1 Å². The summed E-state index contributed by atoms with van der Waals surface area (Å²) in [5.74, 6) is -1.94. The van der Waals surface area contributed by atoms with Gasteiger partial charge in [0.15, 0.2) is 11.6 Å². The highest BCUT2D eigenvalue weighted by atomic mass is 35.5. The quantitative estimate of drug-likeness (QED) is 0.311. The van der Waals surface area contributed by atoms with Gasteiger partial charge >= 0.3 is 12.4 Å². The maximum atomic E-state index is 14.3. The van der Waals surface area contributed by atoms with Crippen molar-refractivity contribution in [2.24, 2.45) is 0 Å². The van der Waals surface area contributed by atoms with Crippen molar-refractivity contribution in [3.63, 3.8) is 0 Å². The maximum absolute atomic E-state index is 14.3. The van der Waals surface area contributed by atoms with Gasteiger partial charge in [0.1, 0.15) is 0 Å². The molecule has 0 spiro atoms. The summed E-state index contributed by atoms with van der Waals surface area (Å²) >= 11 is 5.55. The van der Waals surface area contributed by atoms with Crippen LogP contribution in [0.25, 0.3) is 22.4 Å². The first-order valence-electron chi connectivity index (χ1n) is 8.88. The fourth-order valence-corrected chi connectivity index (χ4v) is 3.52. The van der Waals surface area contributed by atoms with Gasteiger partial charge in [-0.1, -0.05) is 16.8 Å². The van der Waals surface area contributed by atoms with Gasteiger partial charge in [0.25, 0.3) is 5.89 Å². The number of fused-ring (bicyclic) bond motifs is 1. The number of alkyl halides is 6. The number of hydrogen-bond donors (Lipinski definition) is 0. The number of benzene rings is 2. The van der Waals surface area contributed by atoms with Crippen LogP contribution in [0, 0.1) is 17.1 Å². The molecule has 2 aromatic heterocycles. The van der Waals surface area contributed by atoms with Crippen molar-refractivity contribution >= 4 is 22.5 Å². The SMILES string of the molecule is N#Cc1ccc2c(ccn2Cc2noc(-c3cc(C(F)(F)F)cc(Cl)c3F)n2)c1C(F)(F)F. The monoisotopic (exact) mass is 488 g/mol. The summed E-state index contributed by atoms with van der Waals surface area (Å²) in [5, 5.41) is 11.5. The molecule has 0 aliphatic carbocycles. The lowest BCUT2D eigenvalue weighted by molar-refractivity contribution is -0.138. The molecule has 0 unspecified atom stereocenters. The molecular formula is C20H8ClF7N4O.